The van der Waals surface area contributed by atoms with Gasteiger partial charge in [-0.3, -0.25) is 0 Å². The molecular formula is C22H24FN5O2. The van der Waals surface area contributed by atoms with Gasteiger partial charge < -0.3 is 19.7 Å². The molecule has 5 rings (SSSR count). The first kappa shape index (κ1) is 18.7. The molecule has 4 heterocycles. The molecule has 0 fully saturated rings. The van der Waals surface area contributed by atoms with Crippen LogP contribution in [0.3, 0.4) is 0 Å². The Balaban J connectivity index is 1.70. The minimum atomic E-state index is -0.288. The summed E-state index contributed by atoms with van der Waals surface area (Å²) in [6, 6.07) is 4.76. The average Bonchev–Trinajstić information content (AvgIpc) is 3.14. The molecule has 156 valence electrons. The van der Waals surface area contributed by atoms with Crippen molar-refractivity contribution in [2.75, 3.05) is 18.1 Å². The number of aromatic nitrogens is 3. The fourth-order valence-electron chi connectivity index (χ4n) is 4.03. The van der Waals surface area contributed by atoms with Crippen LogP contribution in [0.25, 0.3) is 11.3 Å². The number of rotatable bonds is 1. The van der Waals surface area contributed by atoms with E-state index >= 15 is 0 Å². The highest BCUT2D eigenvalue weighted by Gasteiger charge is 2.30. The molecule has 0 radical (unpaired) electrons. The number of hydrogen-bond acceptors (Lipinski definition) is 6. The van der Waals surface area contributed by atoms with Gasteiger partial charge in [0.2, 0.25) is 0 Å². The summed E-state index contributed by atoms with van der Waals surface area (Å²) in [5, 5.41) is 7.78. The van der Waals surface area contributed by atoms with Gasteiger partial charge in [0.25, 0.3) is 0 Å². The lowest BCUT2D eigenvalue weighted by atomic mass is 10.1. The lowest BCUT2D eigenvalue weighted by Gasteiger charge is -2.37. The van der Waals surface area contributed by atoms with Crippen molar-refractivity contribution in [3.63, 3.8) is 0 Å². The van der Waals surface area contributed by atoms with Crippen molar-refractivity contribution in [2.45, 2.75) is 38.9 Å². The summed E-state index contributed by atoms with van der Waals surface area (Å²) in [4.78, 5) is 7.09. The molecular weight excluding hydrogens is 385 g/mol. The van der Waals surface area contributed by atoms with Crippen LogP contribution in [0, 0.1) is 5.82 Å². The van der Waals surface area contributed by atoms with E-state index in [1.807, 2.05) is 13.1 Å². The molecule has 2 bridgehead atoms. The normalized spacial score (nSPS) is 21.0. The van der Waals surface area contributed by atoms with E-state index in [0.717, 1.165) is 29.1 Å². The Hall–Kier alpha value is -3.29. The third-order valence-electron chi connectivity index (χ3n) is 5.65. The van der Waals surface area contributed by atoms with Gasteiger partial charge in [0.15, 0.2) is 17.2 Å². The Morgan fingerprint density at radius 1 is 1.27 bits per heavy atom. The maximum atomic E-state index is 14.1. The second kappa shape index (κ2) is 7.19. The SMILES string of the molecule is C=C1N[C@H](C)COc2ccc(F)cc2CN2c3nc4c1cnn4cc3OC[C@H]2CC. The van der Waals surface area contributed by atoms with Crippen LogP contribution < -0.4 is 19.7 Å². The van der Waals surface area contributed by atoms with E-state index in [2.05, 4.69) is 28.8 Å². The maximum absolute atomic E-state index is 14.1. The quantitative estimate of drug-likeness (QED) is 0.665. The predicted octanol–water partition coefficient (Wildman–Crippen LogP) is 3.39. The van der Waals surface area contributed by atoms with E-state index in [0.29, 0.717) is 36.9 Å². The first-order valence-corrected chi connectivity index (χ1v) is 10.2. The summed E-state index contributed by atoms with van der Waals surface area (Å²) >= 11 is 0. The van der Waals surface area contributed by atoms with Crippen molar-refractivity contribution in [1.29, 1.82) is 0 Å². The largest absolute Gasteiger partial charge is 0.491 e. The molecule has 3 aromatic rings. The zero-order valence-electron chi connectivity index (χ0n) is 17.1. The van der Waals surface area contributed by atoms with Crippen LogP contribution >= 0.6 is 0 Å². The zero-order chi connectivity index (χ0) is 20.8. The summed E-state index contributed by atoms with van der Waals surface area (Å²) in [6.07, 6.45) is 4.47. The van der Waals surface area contributed by atoms with E-state index in [9.17, 15) is 4.39 Å². The van der Waals surface area contributed by atoms with Crippen LogP contribution in [0.5, 0.6) is 11.5 Å². The van der Waals surface area contributed by atoms with Crippen molar-refractivity contribution < 1.29 is 13.9 Å². The fourth-order valence-corrected chi connectivity index (χ4v) is 4.03. The van der Waals surface area contributed by atoms with Crippen LogP contribution in [0.15, 0.2) is 37.2 Å². The molecule has 8 heteroatoms. The van der Waals surface area contributed by atoms with Gasteiger partial charge >= 0.3 is 0 Å². The summed E-state index contributed by atoms with van der Waals surface area (Å²) in [5.41, 5.74) is 3.03. The summed E-state index contributed by atoms with van der Waals surface area (Å²) in [7, 11) is 0. The predicted molar refractivity (Wildman–Crippen MR) is 112 cm³/mol. The monoisotopic (exact) mass is 409 g/mol. The number of anilines is 1. The molecule has 1 aromatic carbocycles. The number of hydrogen-bond donors (Lipinski definition) is 1. The van der Waals surface area contributed by atoms with E-state index in [4.69, 9.17) is 14.5 Å². The van der Waals surface area contributed by atoms with E-state index in [1.54, 1.807) is 16.8 Å². The van der Waals surface area contributed by atoms with Crippen molar-refractivity contribution in [2.24, 2.45) is 0 Å². The van der Waals surface area contributed by atoms with E-state index in [1.165, 1.54) is 12.1 Å². The molecule has 0 saturated carbocycles. The van der Waals surface area contributed by atoms with Crippen LogP contribution in [-0.4, -0.2) is 39.9 Å². The molecule has 7 nitrogen and oxygen atoms in total. The van der Waals surface area contributed by atoms with Crippen LogP contribution in [0.2, 0.25) is 0 Å². The first-order chi connectivity index (χ1) is 14.5. The number of nitrogens with zero attached hydrogens (tertiary/aromatic N) is 4. The standard InChI is InChI=1S/C22H24FN5O2/c1-4-17-12-30-20-10-28-21-18(8-24-28)14(3)25-13(2)11-29-19-6-5-16(23)7-15(19)9-27(17)22(20)26-21/h5-8,10,13,17,25H,3-4,9,11-12H2,1-2H3/t13-,17-/m1/s1. The van der Waals surface area contributed by atoms with Gasteiger partial charge in [-0.2, -0.15) is 5.10 Å². The van der Waals surface area contributed by atoms with Crippen molar-refractivity contribution in [3.05, 3.63) is 54.1 Å². The lowest BCUT2D eigenvalue weighted by molar-refractivity contribution is 0.251. The van der Waals surface area contributed by atoms with Crippen molar-refractivity contribution in [3.8, 4) is 11.5 Å². The molecule has 0 amide bonds. The molecule has 1 N–H and O–H groups in total. The van der Waals surface area contributed by atoms with Gasteiger partial charge in [-0.1, -0.05) is 13.5 Å². The maximum Gasteiger partial charge on any atom is 0.180 e. The number of ether oxygens (including phenoxy) is 2. The van der Waals surface area contributed by atoms with Gasteiger partial charge in [-0.25, -0.2) is 13.9 Å². The van der Waals surface area contributed by atoms with E-state index in [-0.39, 0.29) is 17.9 Å². The molecule has 2 atom stereocenters. The molecule has 0 unspecified atom stereocenters. The average molecular weight is 409 g/mol. The molecule has 0 aliphatic carbocycles. The van der Waals surface area contributed by atoms with Crippen LogP contribution in [-0.2, 0) is 6.54 Å². The highest BCUT2D eigenvalue weighted by Crippen LogP contribution is 2.36. The second-order valence-corrected chi connectivity index (χ2v) is 7.84. The van der Waals surface area contributed by atoms with Crippen molar-refractivity contribution in [1.82, 2.24) is 19.9 Å². The molecule has 2 aliphatic rings. The number of fused-ring (bicyclic) bond motifs is 1. The smallest absolute Gasteiger partial charge is 0.180 e. The summed E-state index contributed by atoms with van der Waals surface area (Å²) in [6.45, 7) is 9.71. The van der Waals surface area contributed by atoms with E-state index < -0.39 is 0 Å². The Morgan fingerprint density at radius 2 is 2.10 bits per heavy atom. The molecule has 2 aliphatic heterocycles. The third kappa shape index (κ3) is 3.12. The Labute approximate surface area is 174 Å². The lowest BCUT2D eigenvalue weighted by Crippen LogP contribution is -2.43. The number of benzene rings is 1. The molecule has 2 aromatic heterocycles. The topological polar surface area (TPSA) is 63.9 Å². The Morgan fingerprint density at radius 3 is 2.93 bits per heavy atom. The van der Waals surface area contributed by atoms with Crippen LogP contribution in [0.1, 0.15) is 31.4 Å². The Kier molecular flexibility index (Phi) is 4.49. The zero-order valence-corrected chi connectivity index (χ0v) is 17.1. The number of halogens is 1. The molecule has 30 heavy (non-hydrogen) atoms. The minimum absolute atomic E-state index is 0.0108. The van der Waals surface area contributed by atoms with Gasteiger partial charge in [-0.15, -0.1) is 0 Å². The molecule has 0 spiro atoms. The van der Waals surface area contributed by atoms with Gasteiger partial charge in [-0.05, 0) is 31.5 Å². The second-order valence-electron chi connectivity index (χ2n) is 7.84. The third-order valence-corrected chi connectivity index (χ3v) is 5.65. The first-order valence-electron chi connectivity index (χ1n) is 10.2. The van der Waals surface area contributed by atoms with Crippen LogP contribution in [0.4, 0.5) is 10.2 Å². The summed E-state index contributed by atoms with van der Waals surface area (Å²) in [5.74, 6) is 1.76. The minimum Gasteiger partial charge on any atom is -0.491 e. The van der Waals surface area contributed by atoms with Crippen molar-refractivity contribution >= 4 is 17.2 Å². The van der Waals surface area contributed by atoms with Gasteiger partial charge in [0.05, 0.1) is 30.0 Å². The molecule has 0 saturated heterocycles. The summed E-state index contributed by atoms with van der Waals surface area (Å²) < 4.78 is 27.9. The highest BCUT2D eigenvalue weighted by molar-refractivity contribution is 5.75. The highest BCUT2D eigenvalue weighted by atomic mass is 19.1. The fraction of sp³-hybridized carbons (Fsp3) is 0.364. The van der Waals surface area contributed by atoms with Gasteiger partial charge in [0, 0.05) is 17.8 Å². The van der Waals surface area contributed by atoms with Gasteiger partial charge in [0.1, 0.15) is 24.8 Å². The Bertz CT molecular complexity index is 1130. The number of nitrogens with one attached hydrogen (secondary N) is 1.